The predicted octanol–water partition coefficient (Wildman–Crippen LogP) is 4.06. The fourth-order valence-corrected chi connectivity index (χ4v) is 3.37. The smallest absolute Gasteiger partial charge is 0.168 e. The Bertz CT molecular complexity index is 1120. The van der Waals surface area contributed by atoms with E-state index in [4.69, 9.17) is 0 Å². The summed E-state index contributed by atoms with van der Waals surface area (Å²) >= 11 is 2.11. The van der Waals surface area contributed by atoms with E-state index in [1.807, 2.05) is 37.8 Å². The van der Waals surface area contributed by atoms with Gasteiger partial charge in [0, 0.05) is 47.8 Å². The maximum atomic E-state index is 12.5. The van der Waals surface area contributed by atoms with Crippen LogP contribution in [0.15, 0.2) is 61.2 Å². The van der Waals surface area contributed by atoms with E-state index in [1.165, 1.54) is 0 Å². The molecule has 0 saturated carbocycles. The quantitative estimate of drug-likeness (QED) is 0.265. The maximum absolute atomic E-state index is 12.5. The fourth-order valence-electron chi connectivity index (χ4n) is 2.88. The van der Waals surface area contributed by atoms with Crippen LogP contribution in [-0.2, 0) is 13.5 Å². The molecule has 0 bridgehead atoms. The van der Waals surface area contributed by atoms with E-state index < -0.39 is 0 Å². The molecule has 5 nitrogen and oxygen atoms in total. The maximum Gasteiger partial charge on any atom is 0.168 e. The normalized spacial score (nSPS) is 11.0. The zero-order valence-electron chi connectivity index (χ0n) is 14.1. The third-order valence-corrected chi connectivity index (χ3v) is 4.80. The molecule has 0 N–H and O–H groups in total. The average Bonchev–Trinajstić information content (AvgIpc) is 3.07. The molecule has 3 heterocycles. The van der Waals surface area contributed by atoms with Crippen LogP contribution in [0.2, 0.25) is 0 Å². The molecule has 0 aliphatic heterocycles. The molecule has 0 amide bonds. The number of Topliss-reactive ketones (excluding diaryl/α,β-unsaturated/α-hetero) is 1. The van der Waals surface area contributed by atoms with Crippen LogP contribution in [0.25, 0.3) is 21.9 Å². The highest BCUT2D eigenvalue weighted by Crippen LogP contribution is 2.24. The van der Waals surface area contributed by atoms with Crippen molar-refractivity contribution in [2.24, 2.45) is 7.05 Å². The Balaban J connectivity index is 1.65. The summed E-state index contributed by atoms with van der Waals surface area (Å²) in [6.45, 7) is 0. The lowest BCUT2D eigenvalue weighted by Crippen LogP contribution is -2.05. The van der Waals surface area contributed by atoms with Crippen molar-refractivity contribution in [3.8, 4) is 11.1 Å². The van der Waals surface area contributed by atoms with Gasteiger partial charge in [-0.05, 0) is 57.8 Å². The number of ketones is 1. The first-order chi connectivity index (χ1) is 12.6. The number of hydrogen-bond acceptors (Lipinski definition) is 4. The number of aryl methyl sites for hydroxylation is 1. The molecule has 0 atom stereocenters. The Hall–Kier alpha value is -2.61. The van der Waals surface area contributed by atoms with E-state index in [1.54, 1.807) is 23.0 Å². The SMILES string of the molecule is Cn1cc(-c2ccc3cnc(CC(=O)c4ccnc(I)c4)cc3c2)cn1. The molecule has 0 radical (unpaired) electrons. The van der Waals surface area contributed by atoms with Crippen molar-refractivity contribution in [2.45, 2.75) is 6.42 Å². The van der Waals surface area contributed by atoms with Crippen molar-refractivity contribution < 1.29 is 4.79 Å². The Morgan fingerprint density at radius 2 is 1.92 bits per heavy atom. The van der Waals surface area contributed by atoms with Crippen LogP contribution >= 0.6 is 22.6 Å². The Labute approximate surface area is 164 Å². The van der Waals surface area contributed by atoms with Crippen molar-refractivity contribution in [3.05, 3.63) is 76.1 Å². The van der Waals surface area contributed by atoms with Gasteiger partial charge in [0.2, 0.25) is 0 Å². The van der Waals surface area contributed by atoms with Gasteiger partial charge in [-0.2, -0.15) is 5.10 Å². The molecule has 26 heavy (non-hydrogen) atoms. The van der Waals surface area contributed by atoms with Gasteiger partial charge in [0.25, 0.3) is 0 Å². The van der Waals surface area contributed by atoms with Crippen LogP contribution < -0.4 is 0 Å². The Morgan fingerprint density at radius 1 is 1.04 bits per heavy atom. The first kappa shape index (κ1) is 16.8. The van der Waals surface area contributed by atoms with Gasteiger partial charge < -0.3 is 0 Å². The molecule has 6 heteroatoms. The molecule has 0 fully saturated rings. The lowest BCUT2D eigenvalue weighted by atomic mass is 10.0. The van der Waals surface area contributed by atoms with E-state index in [2.05, 4.69) is 49.8 Å². The number of aromatic nitrogens is 4. The number of benzene rings is 1. The van der Waals surface area contributed by atoms with Gasteiger partial charge in [0.05, 0.1) is 12.6 Å². The van der Waals surface area contributed by atoms with Gasteiger partial charge in [-0.1, -0.05) is 12.1 Å². The van der Waals surface area contributed by atoms with Crippen molar-refractivity contribution in [3.63, 3.8) is 0 Å². The molecule has 0 unspecified atom stereocenters. The standard InChI is InChI=1S/C20H15IN4O/c1-25-12-17(11-24-25)13-2-3-15-10-23-18(7-16(15)6-13)9-19(26)14-4-5-22-20(21)8-14/h2-8,10-12H,9H2,1H3. The Kier molecular flexibility index (Phi) is 4.50. The number of carbonyl (C=O) groups excluding carboxylic acids is 1. The van der Waals surface area contributed by atoms with Gasteiger partial charge in [-0.3, -0.25) is 19.4 Å². The van der Waals surface area contributed by atoms with Gasteiger partial charge >= 0.3 is 0 Å². The highest BCUT2D eigenvalue weighted by atomic mass is 127. The van der Waals surface area contributed by atoms with Crippen LogP contribution in [-0.4, -0.2) is 25.5 Å². The molecule has 1 aromatic carbocycles. The summed E-state index contributed by atoms with van der Waals surface area (Å²) in [5, 5.41) is 6.34. The second kappa shape index (κ2) is 6.95. The van der Waals surface area contributed by atoms with Gasteiger partial charge in [0.15, 0.2) is 5.78 Å². The largest absolute Gasteiger partial charge is 0.294 e. The van der Waals surface area contributed by atoms with Crippen LogP contribution in [0.1, 0.15) is 16.1 Å². The molecule has 4 aromatic rings. The van der Waals surface area contributed by atoms with E-state index in [0.29, 0.717) is 5.56 Å². The van der Waals surface area contributed by atoms with E-state index in [-0.39, 0.29) is 12.2 Å². The molecular formula is C20H15IN4O. The highest BCUT2D eigenvalue weighted by Gasteiger charge is 2.10. The third-order valence-electron chi connectivity index (χ3n) is 4.21. The number of pyridine rings is 2. The summed E-state index contributed by atoms with van der Waals surface area (Å²) in [5.41, 5.74) is 3.58. The van der Waals surface area contributed by atoms with Crippen molar-refractivity contribution in [2.75, 3.05) is 0 Å². The van der Waals surface area contributed by atoms with Gasteiger partial charge in [-0.25, -0.2) is 0 Å². The minimum Gasteiger partial charge on any atom is -0.294 e. The van der Waals surface area contributed by atoms with Crippen LogP contribution in [0.3, 0.4) is 0 Å². The topological polar surface area (TPSA) is 60.7 Å². The third kappa shape index (κ3) is 3.50. The first-order valence-corrected chi connectivity index (χ1v) is 9.19. The first-order valence-electron chi connectivity index (χ1n) is 8.11. The fraction of sp³-hybridized carbons (Fsp3) is 0.100. The van der Waals surface area contributed by atoms with Crippen LogP contribution in [0, 0.1) is 3.70 Å². The van der Waals surface area contributed by atoms with Crippen LogP contribution in [0.5, 0.6) is 0 Å². The molecule has 0 aliphatic carbocycles. The summed E-state index contributed by atoms with van der Waals surface area (Å²) in [5.74, 6) is 0.0422. The summed E-state index contributed by atoms with van der Waals surface area (Å²) in [7, 11) is 1.90. The number of rotatable bonds is 4. The molecule has 3 aromatic heterocycles. The van der Waals surface area contributed by atoms with Crippen molar-refractivity contribution in [1.29, 1.82) is 0 Å². The second-order valence-electron chi connectivity index (χ2n) is 6.11. The zero-order chi connectivity index (χ0) is 18.1. The predicted molar refractivity (Wildman–Crippen MR) is 109 cm³/mol. The van der Waals surface area contributed by atoms with E-state index >= 15 is 0 Å². The molecule has 0 aliphatic rings. The molecule has 0 spiro atoms. The number of halogens is 1. The lowest BCUT2D eigenvalue weighted by Gasteiger charge is -2.05. The highest BCUT2D eigenvalue weighted by molar-refractivity contribution is 14.1. The molecule has 128 valence electrons. The lowest BCUT2D eigenvalue weighted by molar-refractivity contribution is 0.0992. The monoisotopic (exact) mass is 454 g/mol. The van der Waals surface area contributed by atoms with E-state index in [0.717, 1.165) is 31.3 Å². The summed E-state index contributed by atoms with van der Waals surface area (Å²) in [6, 6.07) is 11.7. The Morgan fingerprint density at radius 3 is 2.69 bits per heavy atom. The molecule has 4 rings (SSSR count). The van der Waals surface area contributed by atoms with E-state index in [9.17, 15) is 4.79 Å². The zero-order valence-corrected chi connectivity index (χ0v) is 16.2. The summed E-state index contributed by atoms with van der Waals surface area (Å²) in [4.78, 5) is 21.1. The van der Waals surface area contributed by atoms with Crippen LogP contribution in [0.4, 0.5) is 0 Å². The molecular weight excluding hydrogens is 439 g/mol. The summed E-state index contributed by atoms with van der Waals surface area (Å²) in [6.07, 6.45) is 7.58. The number of hydrogen-bond donors (Lipinski definition) is 0. The summed E-state index contributed by atoms with van der Waals surface area (Å²) < 4.78 is 2.59. The second-order valence-corrected chi connectivity index (χ2v) is 7.21. The van der Waals surface area contributed by atoms with Gasteiger partial charge in [-0.15, -0.1) is 0 Å². The average molecular weight is 454 g/mol. The minimum absolute atomic E-state index is 0.0422. The number of nitrogens with zero attached hydrogens (tertiary/aromatic N) is 4. The number of fused-ring (bicyclic) bond motifs is 1. The minimum atomic E-state index is 0.0422. The van der Waals surface area contributed by atoms with Gasteiger partial charge in [0.1, 0.15) is 3.70 Å². The molecule has 0 saturated heterocycles. The number of carbonyl (C=O) groups is 1. The van der Waals surface area contributed by atoms with Crippen molar-refractivity contribution in [1.82, 2.24) is 19.7 Å². The van der Waals surface area contributed by atoms with Crippen molar-refractivity contribution >= 4 is 39.1 Å².